The summed E-state index contributed by atoms with van der Waals surface area (Å²) in [6.45, 7) is 1.08. The lowest BCUT2D eigenvalue weighted by atomic mass is 9.81. The van der Waals surface area contributed by atoms with Gasteiger partial charge in [-0.1, -0.05) is 31.0 Å². The second-order valence-electron chi connectivity index (χ2n) is 5.67. The van der Waals surface area contributed by atoms with E-state index in [1.54, 1.807) is 0 Å². The Morgan fingerprint density at radius 2 is 1.89 bits per heavy atom. The monoisotopic (exact) mass is 283 g/mol. The van der Waals surface area contributed by atoms with Crippen LogP contribution in [0.2, 0.25) is 0 Å². The Kier molecular flexibility index (Phi) is 3.04. The van der Waals surface area contributed by atoms with Gasteiger partial charge >= 0.3 is 10.2 Å². The summed E-state index contributed by atoms with van der Waals surface area (Å²) in [6.07, 6.45) is 4.76. The molecule has 1 aromatic rings. The molecule has 5 heteroatoms. The fourth-order valence-corrected chi connectivity index (χ4v) is 4.07. The fraction of sp³-hybridized carbons (Fsp3) is 0.571. The summed E-state index contributed by atoms with van der Waals surface area (Å²) in [6, 6.07) is 8.16. The van der Waals surface area contributed by atoms with Gasteiger partial charge in [-0.05, 0) is 24.5 Å². The third-order valence-electron chi connectivity index (χ3n) is 4.48. The van der Waals surface area contributed by atoms with E-state index < -0.39 is 16.0 Å². The first-order valence-electron chi connectivity index (χ1n) is 6.77. The topological polar surface area (TPSA) is 37.4 Å². The van der Waals surface area contributed by atoms with E-state index >= 15 is 0 Å². The molecule has 0 saturated heterocycles. The predicted octanol–water partition coefficient (Wildman–Crippen LogP) is 2.62. The number of hydrogen-bond donors (Lipinski definition) is 0. The van der Waals surface area contributed by atoms with Gasteiger partial charge in [-0.25, -0.2) is 0 Å². The molecule has 1 spiro atoms. The molecule has 0 N–H and O–H groups in total. The van der Waals surface area contributed by atoms with Crippen LogP contribution in [0.1, 0.15) is 31.2 Å². The SMILES string of the molecule is O=S(=O)(F)CCN1CC2(CCCC2)c2ccccc21. The molecule has 1 aromatic carbocycles. The first-order chi connectivity index (χ1) is 9.00. The molecule has 1 aliphatic carbocycles. The van der Waals surface area contributed by atoms with Gasteiger partial charge in [-0.15, -0.1) is 3.89 Å². The van der Waals surface area contributed by atoms with Crippen molar-refractivity contribution in [2.24, 2.45) is 0 Å². The Hall–Kier alpha value is -1.10. The lowest BCUT2D eigenvalue weighted by Gasteiger charge is -2.25. The Balaban J connectivity index is 1.89. The third kappa shape index (κ3) is 2.36. The van der Waals surface area contributed by atoms with Gasteiger partial charge < -0.3 is 4.90 Å². The number of halogens is 1. The smallest absolute Gasteiger partial charge is 0.304 e. The number of nitrogens with zero attached hydrogens (tertiary/aromatic N) is 1. The van der Waals surface area contributed by atoms with Crippen LogP contribution in [0.25, 0.3) is 0 Å². The molecule has 0 atom stereocenters. The van der Waals surface area contributed by atoms with Gasteiger partial charge in [0.2, 0.25) is 0 Å². The standard InChI is InChI=1S/C14H18FNO2S/c15-19(17,18)10-9-16-11-14(7-3-4-8-14)12-5-1-2-6-13(12)16/h1-2,5-6H,3-4,7-11H2. The normalized spacial score (nSPS) is 21.0. The quantitative estimate of drug-likeness (QED) is 0.800. The molecule has 19 heavy (non-hydrogen) atoms. The zero-order chi connectivity index (χ0) is 13.5. The maximum atomic E-state index is 12.7. The average molecular weight is 283 g/mol. The third-order valence-corrected chi connectivity index (χ3v) is 5.15. The van der Waals surface area contributed by atoms with E-state index in [4.69, 9.17) is 0 Å². The van der Waals surface area contributed by atoms with Crippen LogP contribution >= 0.6 is 0 Å². The van der Waals surface area contributed by atoms with E-state index in [1.807, 2.05) is 23.1 Å². The second kappa shape index (κ2) is 4.47. The van der Waals surface area contributed by atoms with E-state index in [1.165, 1.54) is 18.4 Å². The van der Waals surface area contributed by atoms with Crippen molar-refractivity contribution >= 4 is 15.9 Å². The molecule has 0 radical (unpaired) electrons. The average Bonchev–Trinajstić information content (AvgIpc) is 2.94. The summed E-state index contributed by atoms with van der Waals surface area (Å²) in [5.41, 5.74) is 2.59. The predicted molar refractivity (Wildman–Crippen MR) is 73.7 cm³/mol. The van der Waals surface area contributed by atoms with Crippen molar-refractivity contribution in [1.82, 2.24) is 0 Å². The summed E-state index contributed by atoms with van der Waals surface area (Å²) in [4.78, 5) is 2.04. The molecule has 1 saturated carbocycles. The number of benzene rings is 1. The summed E-state index contributed by atoms with van der Waals surface area (Å²) < 4.78 is 34.2. The largest absolute Gasteiger partial charge is 0.369 e. The molecule has 1 aliphatic heterocycles. The molecule has 3 nitrogen and oxygen atoms in total. The minimum atomic E-state index is -4.39. The number of hydrogen-bond acceptors (Lipinski definition) is 3. The minimum Gasteiger partial charge on any atom is -0.369 e. The summed E-state index contributed by atoms with van der Waals surface area (Å²) in [5, 5.41) is 0. The molecular weight excluding hydrogens is 265 g/mol. The van der Waals surface area contributed by atoms with E-state index in [0.29, 0.717) is 0 Å². The van der Waals surface area contributed by atoms with Crippen molar-refractivity contribution in [3.8, 4) is 0 Å². The van der Waals surface area contributed by atoms with E-state index in [2.05, 4.69) is 6.07 Å². The number of anilines is 1. The summed E-state index contributed by atoms with van der Waals surface area (Å²) in [7, 11) is -4.39. The van der Waals surface area contributed by atoms with Crippen LogP contribution in [-0.4, -0.2) is 27.3 Å². The van der Waals surface area contributed by atoms with Gasteiger partial charge in [0.1, 0.15) is 0 Å². The van der Waals surface area contributed by atoms with Crippen molar-refractivity contribution in [2.45, 2.75) is 31.1 Å². The molecule has 0 bridgehead atoms. The molecule has 0 amide bonds. The molecular formula is C14H18FNO2S. The zero-order valence-electron chi connectivity index (χ0n) is 10.8. The van der Waals surface area contributed by atoms with Crippen LogP contribution in [0.15, 0.2) is 24.3 Å². The highest BCUT2D eigenvalue weighted by molar-refractivity contribution is 7.86. The van der Waals surface area contributed by atoms with Gasteiger partial charge in [-0.3, -0.25) is 0 Å². The first-order valence-corrected chi connectivity index (χ1v) is 8.32. The highest BCUT2D eigenvalue weighted by Gasteiger charge is 2.44. The molecule has 2 aliphatic rings. The van der Waals surface area contributed by atoms with E-state index in [0.717, 1.165) is 25.1 Å². The molecule has 1 fully saturated rings. The molecule has 104 valence electrons. The Labute approximate surface area is 113 Å². The van der Waals surface area contributed by atoms with Crippen molar-refractivity contribution < 1.29 is 12.3 Å². The molecule has 1 heterocycles. The highest BCUT2D eigenvalue weighted by atomic mass is 32.3. The maximum Gasteiger partial charge on any atom is 0.304 e. The highest BCUT2D eigenvalue weighted by Crippen LogP contribution is 2.50. The van der Waals surface area contributed by atoms with Crippen molar-refractivity contribution in [1.29, 1.82) is 0 Å². The van der Waals surface area contributed by atoms with Crippen LogP contribution < -0.4 is 4.90 Å². The fourth-order valence-electron chi connectivity index (χ4n) is 3.63. The van der Waals surface area contributed by atoms with E-state index in [9.17, 15) is 12.3 Å². The van der Waals surface area contributed by atoms with Gasteiger partial charge in [0.25, 0.3) is 0 Å². The van der Waals surface area contributed by atoms with Gasteiger partial charge in [0.05, 0.1) is 5.75 Å². The van der Waals surface area contributed by atoms with Crippen molar-refractivity contribution in [2.75, 3.05) is 23.7 Å². The van der Waals surface area contributed by atoms with Gasteiger partial charge in [0.15, 0.2) is 0 Å². The van der Waals surface area contributed by atoms with Crippen molar-refractivity contribution in [3.63, 3.8) is 0 Å². The zero-order valence-corrected chi connectivity index (χ0v) is 11.6. The van der Waals surface area contributed by atoms with E-state index in [-0.39, 0.29) is 12.0 Å². The van der Waals surface area contributed by atoms with Crippen LogP contribution in [0.4, 0.5) is 9.57 Å². The second-order valence-corrected chi connectivity index (χ2v) is 7.16. The summed E-state index contributed by atoms with van der Waals surface area (Å²) >= 11 is 0. The first kappa shape index (κ1) is 12.9. The Morgan fingerprint density at radius 3 is 2.58 bits per heavy atom. The van der Waals surface area contributed by atoms with Crippen LogP contribution in [0.3, 0.4) is 0 Å². The van der Waals surface area contributed by atoms with Crippen LogP contribution in [0.5, 0.6) is 0 Å². The molecule has 0 unspecified atom stereocenters. The van der Waals surface area contributed by atoms with Gasteiger partial charge in [0, 0.05) is 24.2 Å². The summed E-state index contributed by atoms with van der Waals surface area (Å²) in [5.74, 6) is -0.419. The van der Waals surface area contributed by atoms with Crippen molar-refractivity contribution in [3.05, 3.63) is 29.8 Å². The van der Waals surface area contributed by atoms with Gasteiger partial charge in [-0.2, -0.15) is 8.42 Å². The number of fused-ring (bicyclic) bond motifs is 2. The molecule has 3 rings (SSSR count). The molecule has 0 aromatic heterocycles. The van der Waals surface area contributed by atoms with Crippen LogP contribution in [-0.2, 0) is 15.6 Å². The lowest BCUT2D eigenvalue weighted by molar-refractivity contribution is 0.467. The lowest BCUT2D eigenvalue weighted by Crippen LogP contribution is -2.33. The Morgan fingerprint density at radius 1 is 1.21 bits per heavy atom. The Bertz CT molecular complexity index is 579. The number of para-hydroxylation sites is 1. The minimum absolute atomic E-state index is 0.177. The number of rotatable bonds is 3. The maximum absolute atomic E-state index is 12.7. The van der Waals surface area contributed by atoms with Crippen LogP contribution in [0, 0.1) is 0 Å².